The summed E-state index contributed by atoms with van der Waals surface area (Å²) in [7, 11) is 0. The molecule has 28 heavy (non-hydrogen) atoms. The van der Waals surface area contributed by atoms with Gasteiger partial charge in [0.1, 0.15) is 12.4 Å². The monoisotopic (exact) mass is 369 g/mol. The van der Waals surface area contributed by atoms with Gasteiger partial charge in [-0.25, -0.2) is 0 Å². The lowest BCUT2D eigenvalue weighted by atomic mass is 10.0. The van der Waals surface area contributed by atoms with Crippen LogP contribution in [0, 0.1) is 0 Å². The molecule has 4 rings (SSSR count). The molecule has 140 valence electrons. The minimum atomic E-state index is 0.0564. The lowest BCUT2D eigenvalue weighted by molar-refractivity contribution is -0.113. The molecule has 0 saturated carbocycles. The number of carbonyl (C=O) groups excluding carboxylic acids is 1. The van der Waals surface area contributed by atoms with Crippen LogP contribution in [0.2, 0.25) is 0 Å². The van der Waals surface area contributed by atoms with Crippen LogP contribution in [0.25, 0.3) is 11.6 Å². The maximum atomic E-state index is 13.1. The van der Waals surface area contributed by atoms with Crippen molar-refractivity contribution in [3.05, 3.63) is 95.6 Å². The van der Waals surface area contributed by atoms with Crippen LogP contribution in [-0.4, -0.2) is 12.5 Å². The minimum Gasteiger partial charge on any atom is -0.488 e. The van der Waals surface area contributed by atoms with Crippen LogP contribution in [0.1, 0.15) is 30.0 Å². The van der Waals surface area contributed by atoms with Gasteiger partial charge in [-0.3, -0.25) is 4.79 Å². The molecule has 0 radical (unpaired) electrons. The van der Waals surface area contributed by atoms with Crippen molar-refractivity contribution in [2.75, 3.05) is 11.4 Å². The molecule has 0 spiro atoms. The Morgan fingerprint density at radius 2 is 1.61 bits per heavy atom. The van der Waals surface area contributed by atoms with Crippen LogP contribution in [0.3, 0.4) is 0 Å². The van der Waals surface area contributed by atoms with Gasteiger partial charge in [0.05, 0.1) is 5.69 Å². The zero-order valence-corrected chi connectivity index (χ0v) is 16.0. The first-order valence-corrected chi connectivity index (χ1v) is 9.66. The molecular weight excluding hydrogens is 346 g/mol. The summed E-state index contributed by atoms with van der Waals surface area (Å²) < 4.78 is 6.06. The smallest absolute Gasteiger partial charge is 0.258 e. The molecule has 1 aliphatic rings. The third-order valence-electron chi connectivity index (χ3n) is 4.86. The third kappa shape index (κ3) is 3.56. The van der Waals surface area contributed by atoms with Crippen molar-refractivity contribution in [2.24, 2.45) is 0 Å². The number of hydrogen-bond acceptors (Lipinski definition) is 2. The Kier molecular flexibility index (Phi) is 5.24. The predicted molar refractivity (Wildman–Crippen MR) is 114 cm³/mol. The molecule has 0 saturated heterocycles. The number of amides is 1. The first-order valence-electron chi connectivity index (χ1n) is 9.66. The van der Waals surface area contributed by atoms with Gasteiger partial charge in [0.2, 0.25) is 0 Å². The number of carbonyl (C=O) groups is 1. The Bertz CT molecular complexity index is 1010. The second kappa shape index (κ2) is 8.13. The van der Waals surface area contributed by atoms with E-state index in [1.807, 2.05) is 89.8 Å². The molecule has 3 aromatic rings. The molecule has 1 aliphatic heterocycles. The summed E-state index contributed by atoms with van der Waals surface area (Å²) in [5, 5.41) is 0. The molecule has 0 atom stereocenters. The van der Waals surface area contributed by atoms with Crippen LogP contribution in [0.4, 0.5) is 5.69 Å². The van der Waals surface area contributed by atoms with Gasteiger partial charge < -0.3 is 9.64 Å². The molecule has 0 unspecified atom stereocenters. The van der Waals surface area contributed by atoms with E-state index in [0.717, 1.165) is 46.7 Å². The van der Waals surface area contributed by atoms with E-state index in [2.05, 4.69) is 6.92 Å². The van der Waals surface area contributed by atoms with Crippen molar-refractivity contribution in [1.82, 2.24) is 0 Å². The highest BCUT2D eigenvalue weighted by atomic mass is 16.5. The summed E-state index contributed by atoms with van der Waals surface area (Å²) in [5.74, 6) is 0.832. The fourth-order valence-electron chi connectivity index (χ4n) is 3.51. The summed E-state index contributed by atoms with van der Waals surface area (Å²) in [6.07, 6.45) is 2.88. The summed E-state index contributed by atoms with van der Waals surface area (Å²) in [6.45, 7) is 3.30. The van der Waals surface area contributed by atoms with Gasteiger partial charge in [-0.2, -0.15) is 0 Å². The Morgan fingerprint density at radius 1 is 0.893 bits per heavy atom. The number of fused-ring (bicyclic) bond motifs is 1. The van der Waals surface area contributed by atoms with E-state index >= 15 is 0 Å². The van der Waals surface area contributed by atoms with E-state index in [0.29, 0.717) is 6.61 Å². The highest BCUT2D eigenvalue weighted by molar-refractivity contribution is 6.35. The first kappa shape index (κ1) is 18.1. The highest BCUT2D eigenvalue weighted by Gasteiger charge is 2.31. The summed E-state index contributed by atoms with van der Waals surface area (Å²) in [5.41, 5.74) is 4.72. The molecule has 3 nitrogen and oxygen atoms in total. The fourth-order valence-corrected chi connectivity index (χ4v) is 3.51. The lowest BCUT2D eigenvalue weighted by Gasteiger charge is -2.15. The number of nitrogens with zero attached hydrogens (tertiary/aromatic N) is 1. The van der Waals surface area contributed by atoms with Gasteiger partial charge >= 0.3 is 0 Å². The highest BCUT2D eigenvalue weighted by Crippen LogP contribution is 2.38. The topological polar surface area (TPSA) is 29.5 Å². The average Bonchev–Trinajstić information content (AvgIpc) is 3.00. The zero-order valence-electron chi connectivity index (χ0n) is 16.0. The molecule has 0 aliphatic carbocycles. The third-order valence-corrected chi connectivity index (χ3v) is 4.86. The Morgan fingerprint density at radius 3 is 2.43 bits per heavy atom. The van der Waals surface area contributed by atoms with E-state index in [-0.39, 0.29) is 5.91 Å². The van der Waals surface area contributed by atoms with E-state index in [4.69, 9.17) is 4.74 Å². The standard InChI is InChI=1S/C25H23NO2/c1-2-16-26-23-14-8-7-13-21(23)22(25(26)27)17-20-12-6-9-15-24(20)28-18-19-10-4-3-5-11-19/h3-15,17H,2,16,18H2,1H3/b22-17-. The zero-order chi connectivity index (χ0) is 19.3. The second-order valence-corrected chi connectivity index (χ2v) is 6.84. The Labute approximate surface area is 165 Å². The van der Waals surface area contributed by atoms with Gasteiger partial charge in [0.15, 0.2) is 0 Å². The average molecular weight is 369 g/mol. The number of ether oxygens (including phenoxy) is 1. The molecule has 0 N–H and O–H groups in total. The number of rotatable bonds is 6. The molecule has 0 aromatic heterocycles. The number of hydrogen-bond donors (Lipinski definition) is 0. The van der Waals surface area contributed by atoms with Crippen molar-refractivity contribution < 1.29 is 9.53 Å². The quantitative estimate of drug-likeness (QED) is 0.532. The Balaban J connectivity index is 1.67. The van der Waals surface area contributed by atoms with Crippen LogP contribution < -0.4 is 9.64 Å². The van der Waals surface area contributed by atoms with Crippen LogP contribution >= 0.6 is 0 Å². The van der Waals surface area contributed by atoms with Crippen molar-refractivity contribution >= 4 is 23.2 Å². The second-order valence-electron chi connectivity index (χ2n) is 6.84. The molecule has 3 aromatic carbocycles. The van der Waals surface area contributed by atoms with Gasteiger partial charge in [-0.15, -0.1) is 0 Å². The first-order chi connectivity index (χ1) is 13.8. The molecule has 0 bridgehead atoms. The molecule has 3 heteroatoms. The predicted octanol–water partition coefficient (Wildman–Crippen LogP) is 5.56. The van der Waals surface area contributed by atoms with Crippen molar-refractivity contribution in [3.8, 4) is 5.75 Å². The van der Waals surface area contributed by atoms with Gasteiger partial charge in [0.25, 0.3) is 5.91 Å². The Hall–Kier alpha value is -3.33. The fraction of sp³-hybridized carbons (Fsp3) is 0.160. The van der Waals surface area contributed by atoms with E-state index < -0.39 is 0 Å². The van der Waals surface area contributed by atoms with E-state index in [9.17, 15) is 4.79 Å². The minimum absolute atomic E-state index is 0.0564. The van der Waals surface area contributed by atoms with E-state index in [1.165, 1.54) is 0 Å². The molecular formula is C25H23NO2. The van der Waals surface area contributed by atoms with Gasteiger partial charge in [0, 0.05) is 23.2 Å². The molecule has 1 amide bonds. The van der Waals surface area contributed by atoms with Crippen LogP contribution in [0.15, 0.2) is 78.9 Å². The van der Waals surface area contributed by atoms with Crippen molar-refractivity contribution in [1.29, 1.82) is 0 Å². The van der Waals surface area contributed by atoms with Crippen molar-refractivity contribution in [3.63, 3.8) is 0 Å². The number of anilines is 1. The van der Waals surface area contributed by atoms with Gasteiger partial charge in [-0.1, -0.05) is 73.7 Å². The largest absolute Gasteiger partial charge is 0.488 e. The van der Waals surface area contributed by atoms with Crippen LogP contribution in [-0.2, 0) is 11.4 Å². The normalized spacial score (nSPS) is 14.4. The summed E-state index contributed by atoms with van der Waals surface area (Å²) in [4.78, 5) is 14.9. The molecule has 0 fully saturated rings. The van der Waals surface area contributed by atoms with E-state index in [1.54, 1.807) is 0 Å². The summed E-state index contributed by atoms with van der Waals surface area (Å²) in [6, 6.07) is 25.9. The number of benzene rings is 3. The summed E-state index contributed by atoms with van der Waals surface area (Å²) >= 11 is 0. The number of para-hydroxylation sites is 2. The van der Waals surface area contributed by atoms with Crippen molar-refractivity contribution in [2.45, 2.75) is 20.0 Å². The maximum Gasteiger partial charge on any atom is 0.258 e. The van der Waals surface area contributed by atoms with Crippen LogP contribution in [0.5, 0.6) is 5.75 Å². The SMILES string of the molecule is CCCN1C(=O)/C(=C\c2ccccc2OCc2ccccc2)c2ccccc21. The van der Waals surface area contributed by atoms with Gasteiger partial charge in [-0.05, 0) is 30.2 Å². The molecule has 1 heterocycles. The maximum absolute atomic E-state index is 13.1. The lowest BCUT2D eigenvalue weighted by Crippen LogP contribution is -2.26.